The molecule has 2 aromatic rings. The Morgan fingerprint density at radius 2 is 2.29 bits per heavy atom. The van der Waals surface area contributed by atoms with E-state index in [4.69, 9.17) is 4.74 Å². The molecule has 0 aliphatic heterocycles. The van der Waals surface area contributed by atoms with Crippen LogP contribution in [0.1, 0.15) is 5.56 Å². The molecule has 90 valence electrons. The van der Waals surface area contributed by atoms with Crippen molar-refractivity contribution in [2.24, 2.45) is 0 Å². The molecule has 0 radical (unpaired) electrons. The van der Waals surface area contributed by atoms with Gasteiger partial charge in [0.2, 0.25) is 5.88 Å². The van der Waals surface area contributed by atoms with Crippen LogP contribution in [0.3, 0.4) is 0 Å². The number of nitrogens with one attached hydrogen (secondary N) is 1. The summed E-state index contributed by atoms with van der Waals surface area (Å²) in [4.78, 5) is 8.17. The van der Waals surface area contributed by atoms with E-state index in [1.165, 1.54) is 6.33 Å². The molecule has 7 heteroatoms. The van der Waals surface area contributed by atoms with Crippen molar-refractivity contribution in [1.29, 1.82) is 0 Å². The van der Waals surface area contributed by atoms with Crippen molar-refractivity contribution < 1.29 is 4.74 Å². The lowest BCUT2D eigenvalue weighted by Crippen LogP contribution is -2.13. The summed E-state index contributed by atoms with van der Waals surface area (Å²) in [5.74, 6) is 1.36. The maximum Gasteiger partial charge on any atom is 0.221 e. The molecule has 2 heterocycles. The number of nitrogens with zero attached hydrogens (tertiary/aromatic N) is 5. The van der Waals surface area contributed by atoms with Gasteiger partial charge in [-0.25, -0.2) is 9.97 Å². The summed E-state index contributed by atoms with van der Waals surface area (Å²) in [6.45, 7) is 3.35. The van der Waals surface area contributed by atoms with Gasteiger partial charge in [-0.1, -0.05) is 5.21 Å². The highest BCUT2D eigenvalue weighted by molar-refractivity contribution is 5.47. The molecule has 0 atom stereocenters. The Labute approximate surface area is 98.8 Å². The highest BCUT2D eigenvalue weighted by Crippen LogP contribution is 2.19. The van der Waals surface area contributed by atoms with E-state index < -0.39 is 0 Å². The van der Waals surface area contributed by atoms with Crippen LogP contribution in [-0.4, -0.2) is 38.6 Å². The molecule has 0 aliphatic carbocycles. The maximum atomic E-state index is 5.12. The molecule has 17 heavy (non-hydrogen) atoms. The van der Waals surface area contributed by atoms with Crippen LogP contribution in [0.5, 0.6) is 5.88 Å². The van der Waals surface area contributed by atoms with Crippen molar-refractivity contribution in [3.05, 3.63) is 24.3 Å². The largest absolute Gasteiger partial charge is 0.481 e. The fraction of sp³-hybridized carbons (Fsp3) is 0.400. The zero-order valence-electron chi connectivity index (χ0n) is 9.79. The van der Waals surface area contributed by atoms with E-state index in [9.17, 15) is 0 Å². The number of anilines is 1. The Morgan fingerprint density at radius 3 is 3.00 bits per heavy atom. The summed E-state index contributed by atoms with van der Waals surface area (Å²) in [5.41, 5.74) is 0.897. The molecule has 0 saturated heterocycles. The first-order valence-electron chi connectivity index (χ1n) is 5.25. The molecule has 0 amide bonds. The first-order valence-corrected chi connectivity index (χ1v) is 5.25. The first kappa shape index (κ1) is 11.3. The fourth-order valence-corrected chi connectivity index (χ4v) is 1.46. The van der Waals surface area contributed by atoms with E-state index in [1.807, 2.05) is 13.1 Å². The van der Waals surface area contributed by atoms with Crippen LogP contribution in [0.25, 0.3) is 0 Å². The normalized spacial score (nSPS) is 10.2. The Balaban J connectivity index is 1.95. The van der Waals surface area contributed by atoms with E-state index in [0.717, 1.165) is 17.9 Å². The molecule has 1 N–H and O–H groups in total. The third-order valence-electron chi connectivity index (χ3n) is 2.34. The summed E-state index contributed by atoms with van der Waals surface area (Å²) in [7, 11) is 1.59. The second kappa shape index (κ2) is 5.24. The second-order valence-corrected chi connectivity index (χ2v) is 3.45. The molecule has 0 fully saturated rings. The van der Waals surface area contributed by atoms with Gasteiger partial charge in [0, 0.05) is 12.7 Å². The van der Waals surface area contributed by atoms with Crippen LogP contribution in [0, 0.1) is 6.92 Å². The number of hydrogen-bond acceptors (Lipinski definition) is 6. The van der Waals surface area contributed by atoms with Crippen molar-refractivity contribution >= 4 is 5.82 Å². The number of rotatable bonds is 5. The standard InChI is InChI=1S/C10H14N6O/c1-8-9(12-7-13-10(8)17-2)11-3-5-16-6-4-14-15-16/h4,6-7H,3,5H2,1-2H3,(H,11,12,13). The average molecular weight is 234 g/mol. The van der Waals surface area contributed by atoms with Crippen molar-refractivity contribution in [2.45, 2.75) is 13.5 Å². The molecule has 0 aromatic carbocycles. The highest BCUT2D eigenvalue weighted by atomic mass is 16.5. The Kier molecular flexibility index (Phi) is 3.49. The lowest BCUT2D eigenvalue weighted by molar-refractivity contribution is 0.393. The molecule has 0 unspecified atom stereocenters. The Morgan fingerprint density at radius 1 is 1.41 bits per heavy atom. The summed E-state index contributed by atoms with van der Waals surface area (Å²) in [6, 6.07) is 0. The van der Waals surface area contributed by atoms with Crippen LogP contribution in [0.2, 0.25) is 0 Å². The number of hydrogen-bond donors (Lipinski definition) is 1. The lowest BCUT2D eigenvalue weighted by atomic mass is 10.3. The van der Waals surface area contributed by atoms with Crippen molar-refractivity contribution in [2.75, 3.05) is 19.0 Å². The van der Waals surface area contributed by atoms with Gasteiger partial charge in [-0.3, -0.25) is 4.68 Å². The zero-order valence-corrected chi connectivity index (χ0v) is 9.79. The van der Waals surface area contributed by atoms with Crippen molar-refractivity contribution in [3.63, 3.8) is 0 Å². The minimum Gasteiger partial charge on any atom is -0.481 e. The number of ether oxygens (including phenoxy) is 1. The van der Waals surface area contributed by atoms with Crippen LogP contribution in [0.4, 0.5) is 5.82 Å². The smallest absolute Gasteiger partial charge is 0.221 e. The van der Waals surface area contributed by atoms with E-state index in [1.54, 1.807) is 18.0 Å². The van der Waals surface area contributed by atoms with Gasteiger partial charge in [-0.2, -0.15) is 0 Å². The molecular weight excluding hydrogens is 220 g/mol. The van der Waals surface area contributed by atoms with Crippen LogP contribution in [0.15, 0.2) is 18.7 Å². The molecule has 7 nitrogen and oxygen atoms in total. The summed E-state index contributed by atoms with van der Waals surface area (Å²) in [5, 5.41) is 10.8. The highest BCUT2D eigenvalue weighted by Gasteiger charge is 2.06. The van der Waals surface area contributed by atoms with Crippen molar-refractivity contribution in [3.8, 4) is 5.88 Å². The van der Waals surface area contributed by atoms with E-state index in [-0.39, 0.29) is 0 Å². The van der Waals surface area contributed by atoms with Gasteiger partial charge < -0.3 is 10.1 Å². The van der Waals surface area contributed by atoms with Gasteiger partial charge in [-0.15, -0.1) is 5.10 Å². The third-order valence-corrected chi connectivity index (χ3v) is 2.34. The zero-order chi connectivity index (χ0) is 12.1. The van der Waals surface area contributed by atoms with E-state index in [2.05, 4.69) is 25.6 Å². The fourth-order valence-electron chi connectivity index (χ4n) is 1.46. The summed E-state index contributed by atoms with van der Waals surface area (Å²) >= 11 is 0. The topological polar surface area (TPSA) is 77.8 Å². The predicted molar refractivity (Wildman–Crippen MR) is 61.8 cm³/mol. The van der Waals surface area contributed by atoms with Crippen molar-refractivity contribution in [1.82, 2.24) is 25.0 Å². The SMILES string of the molecule is COc1ncnc(NCCn2ccnn2)c1C. The van der Waals surface area contributed by atoms with Gasteiger partial charge >= 0.3 is 0 Å². The van der Waals surface area contributed by atoms with E-state index in [0.29, 0.717) is 12.4 Å². The molecule has 2 aromatic heterocycles. The molecule has 0 spiro atoms. The minimum atomic E-state index is 0.586. The number of aromatic nitrogens is 5. The van der Waals surface area contributed by atoms with Gasteiger partial charge in [0.05, 0.1) is 25.4 Å². The van der Waals surface area contributed by atoms with Crippen LogP contribution >= 0.6 is 0 Å². The quantitative estimate of drug-likeness (QED) is 0.811. The predicted octanol–water partition coefficient (Wildman–Crippen LogP) is 0.497. The molecule has 0 bridgehead atoms. The summed E-state index contributed by atoms with van der Waals surface area (Å²) < 4.78 is 6.87. The maximum absolute atomic E-state index is 5.12. The molecular formula is C10H14N6O. The first-order chi connectivity index (χ1) is 8.31. The Hall–Kier alpha value is -2.18. The van der Waals surface area contributed by atoms with Gasteiger partial charge in [0.1, 0.15) is 12.1 Å². The van der Waals surface area contributed by atoms with Gasteiger partial charge in [0.25, 0.3) is 0 Å². The Bertz CT molecular complexity index is 470. The lowest BCUT2D eigenvalue weighted by Gasteiger charge is -2.10. The second-order valence-electron chi connectivity index (χ2n) is 3.45. The molecule has 2 rings (SSSR count). The third kappa shape index (κ3) is 2.68. The summed E-state index contributed by atoms with van der Waals surface area (Å²) in [6.07, 6.45) is 4.94. The monoisotopic (exact) mass is 234 g/mol. The molecule has 0 saturated carbocycles. The van der Waals surface area contributed by atoms with E-state index >= 15 is 0 Å². The van der Waals surface area contributed by atoms with Crippen LogP contribution in [-0.2, 0) is 6.54 Å². The minimum absolute atomic E-state index is 0.586. The van der Waals surface area contributed by atoms with Gasteiger partial charge in [0.15, 0.2) is 0 Å². The number of methoxy groups -OCH3 is 1. The van der Waals surface area contributed by atoms with Crippen LogP contribution < -0.4 is 10.1 Å². The average Bonchev–Trinajstić information content (AvgIpc) is 2.84. The van der Waals surface area contributed by atoms with Gasteiger partial charge in [-0.05, 0) is 6.92 Å². The molecule has 0 aliphatic rings.